The summed E-state index contributed by atoms with van der Waals surface area (Å²) in [6, 6.07) is 5.43. The average Bonchev–Trinajstić information content (AvgIpc) is 2.54. The number of piperidine rings is 1. The van der Waals surface area contributed by atoms with Crippen LogP contribution in [-0.4, -0.2) is 36.9 Å². The van der Waals surface area contributed by atoms with Crippen LogP contribution in [0, 0.1) is 5.92 Å². The highest BCUT2D eigenvalue weighted by atomic mass is 16.5. The van der Waals surface area contributed by atoms with Gasteiger partial charge in [-0.3, -0.25) is 9.59 Å². The number of nitrogens with zero attached hydrogens (tertiary/aromatic N) is 1. The number of hydrogen-bond donors (Lipinski definition) is 1. The summed E-state index contributed by atoms with van der Waals surface area (Å²) >= 11 is 0. The number of likely N-dealkylation sites (tertiary alicyclic amines) is 1. The molecule has 1 heterocycles. The highest BCUT2D eigenvalue weighted by molar-refractivity contribution is 5.94. The summed E-state index contributed by atoms with van der Waals surface area (Å²) in [4.78, 5) is 25.5. The fourth-order valence-corrected chi connectivity index (χ4v) is 2.78. The Morgan fingerprint density at radius 2 is 2.09 bits per heavy atom. The van der Waals surface area contributed by atoms with Crippen molar-refractivity contribution in [3.63, 3.8) is 0 Å². The number of amides is 2. The fraction of sp³-hybridized carbons (Fsp3) is 0.412. The van der Waals surface area contributed by atoms with Gasteiger partial charge in [-0.2, -0.15) is 0 Å². The number of hydrogen-bond acceptors (Lipinski definition) is 3. The lowest BCUT2D eigenvalue weighted by Gasteiger charge is -2.30. The van der Waals surface area contributed by atoms with Crippen molar-refractivity contribution in [3.8, 4) is 5.75 Å². The van der Waals surface area contributed by atoms with Crippen molar-refractivity contribution in [3.05, 3.63) is 42.0 Å². The van der Waals surface area contributed by atoms with Crippen LogP contribution < -0.4 is 10.5 Å². The molecule has 1 aromatic rings. The molecule has 2 amide bonds. The van der Waals surface area contributed by atoms with Gasteiger partial charge in [0.05, 0.1) is 7.11 Å². The highest BCUT2D eigenvalue weighted by Gasteiger charge is 2.26. The number of primary amides is 1. The zero-order valence-electron chi connectivity index (χ0n) is 12.9. The van der Waals surface area contributed by atoms with Crippen molar-refractivity contribution in [2.24, 2.45) is 11.7 Å². The second kappa shape index (κ2) is 7.11. The Balaban J connectivity index is 2.11. The Hall–Kier alpha value is -2.30. The van der Waals surface area contributed by atoms with Gasteiger partial charge in [0.15, 0.2) is 0 Å². The van der Waals surface area contributed by atoms with Gasteiger partial charge >= 0.3 is 0 Å². The van der Waals surface area contributed by atoms with Crippen LogP contribution >= 0.6 is 0 Å². The molecular formula is C17H22N2O3. The second-order valence-corrected chi connectivity index (χ2v) is 5.49. The van der Waals surface area contributed by atoms with Crippen LogP contribution in [0.2, 0.25) is 0 Å². The molecular weight excluding hydrogens is 280 g/mol. The monoisotopic (exact) mass is 302 g/mol. The van der Waals surface area contributed by atoms with E-state index in [0.717, 1.165) is 11.3 Å². The molecule has 1 aromatic carbocycles. The van der Waals surface area contributed by atoms with E-state index < -0.39 is 0 Å². The van der Waals surface area contributed by atoms with Gasteiger partial charge in [0.2, 0.25) is 5.91 Å². The summed E-state index contributed by atoms with van der Waals surface area (Å²) in [5.74, 6) is 0.348. The predicted octanol–water partition coefficient (Wildman–Crippen LogP) is 1.76. The molecule has 0 aliphatic carbocycles. The first-order valence-electron chi connectivity index (χ1n) is 7.43. The first-order chi connectivity index (χ1) is 10.6. The smallest absolute Gasteiger partial charge is 0.253 e. The van der Waals surface area contributed by atoms with Crippen LogP contribution in [0.5, 0.6) is 5.75 Å². The van der Waals surface area contributed by atoms with Crippen LogP contribution in [0.3, 0.4) is 0 Å². The SMILES string of the molecule is C=CCc1cc(C(=O)N2CCC(C(N)=O)CC2)ccc1OC. The van der Waals surface area contributed by atoms with Gasteiger partial charge in [0.1, 0.15) is 5.75 Å². The second-order valence-electron chi connectivity index (χ2n) is 5.49. The summed E-state index contributed by atoms with van der Waals surface area (Å²) < 4.78 is 5.29. The van der Waals surface area contributed by atoms with Crippen LogP contribution in [0.25, 0.3) is 0 Å². The molecule has 22 heavy (non-hydrogen) atoms. The molecule has 118 valence electrons. The molecule has 5 heteroatoms. The maximum atomic E-state index is 12.6. The maximum absolute atomic E-state index is 12.6. The molecule has 2 N–H and O–H groups in total. The van der Waals surface area contributed by atoms with E-state index in [0.29, 0.717) is 37.9 Å². The lowest BCUT2D eigenvalue weighted by atomic mass is 9.95. The van der Waals surface area contributed by atoms with Crippen molar-refractivity contribution >= 4 is 11.8 Å². The quantitative estimate of drug-likeness (QED) is 0.842. The van der Waals surface area contributed by atoms with Crippen LogP contribution in [0.15, 0.2) is 30.9 Å². The zero-order chi connectivity index (χ0) is 16.1. The van der Waals surface area contributed by atoms with E-state index in [1.54, 1.807) is 24.2 Å². The highest BCUT2D eigenvalue weighted by Crippen LogP contribution is 2.23. The summed E-state index contributed by atoms with van der Waals surface area (Å²) in [5.41, 5.74) is 6.89. The van der Waals surface area contributed by atoms with Gasteiger partial charge in [-0.05, 0) is 43.0 Å². The first kappa shape index (κ1) is 16.1. The molecule has 2 rings (SSSR count). The minimum Gasteiger partial charge on any atom is -0.496 e. The summed E-state index contributed by atoms with van der Waals surface area (Å²) in [5, 5.41) is 0. The number of allylic oxidation sites excluding steroid dienone is 1. The number of carbonyl (C=O) groups excluding carboxylic acids is 2. The molecule has 0 saturated carbocycles. The molecule has 0 atom stereocenters. The van der Waals surface area contributed by atoms with Gasteiger partial charge < -0.3 is 15.4 Å². The number of benzene rings is 1. The third-order valence-corrected chi connectivity index (χ3v) is 4.08. The largest absolute Gasteiger partial charge is 0.496 e. The molecule has 0 spiro atoms. The number of rotatable bonds is 5. The molecule has 5 nitrogen and oxygen atoms in total. The molecule has 0 bridgehead atoms. The fourth-order valence-electron chi connectivity index (χ4n) is 2.78. The third kappa shape index (κ3) is 3.47. The minimum absolute atomic E-state index is 0.0177. The van der Waals surface area contributed by atoms with Crippen molar-refractivity contribution in [1.29, 1.82) is 0 Å². The topological polar surface area (TPSA) is 72.6 Å². The van der Waals surface area contributed by atoms with Crippen molar-refractivity contribution in [2.45, 2.75) is 19.3 Å². The Labute approximate surface area is 130 Å². The Bertz CT molecular complexity index is 575. The normalized spacial score (nSPS) is 15.4. The molecule has 1 fully saturated rings. The van der Waals surface area contributed by atoms with Crippen molar-refractivity contribution in [2.75, 3.05) is 20.2 Å². The average molecular weight is 302 g/mol. The molecule has 0 aromatic heterocycles. The van der Waals surface area contributed by atoms with Crippen molar-refractivity contribution in [1.82, 2.24) is 4.90 Å². The zero-order valence-corrected chi connectivity index (χ0v) is 12.9. The Morgan fingerprint density at radius 1 is 1.41 bits per heavy atom. The van der Waals surface area contributed by atoms with E-state index in [9.17, 15) is 9.59 Å². The van der Waals surface area contributed by atoms with Gasteiger partial charge in [-0.25, -0.2) is 0 Å². The number of ether oxygens (including phenoxy) is 1. The van der Waals surface area contributed by atoms with E-state index in [2.05, 4.69) is 6.58 Å². The van der Waals surface area contributed by atoms with Gasteiger partial charge in [-0.15, -0.1) is 6.58 Å². The third-order valence-electron chi connectivity index (χ3n) is 4.08. The maximum Gasteiger partial charge on any atom is 0.253 e. The van der Waals surface area contributed by atoms with E-state index in [1.165, 1.54) is 0 Å². The van der Waals surface area contributed by atoms with Gasteiger partial charge in [-0.1, -0.05) is 6.08 Å². The lowest BCUT2D eigenvalue weighted by Crippen LogP contribution is -2.41. The summed E-state index contributed by atoms with van der Waals surface area (Å²) in [7, 11) is 1.61. The number of nitrogens with two attached hydrogens (primary N) is 1. The van der Waals surface area contributed by atoms with E-state index in [4.69, 9.17) is 10.5 Å². The summed E-state index contributed by atoms with van der Waals surface area (Å²) in [6.07, 6.45) is 3.70. The van der Waals surface area contributed by atoms with E-state index in [-0.39, 0.29) is 17.7 Å². The van der Waals surface area contributed by atoms with Crippen LogP contribution in [0.1, 0.15) is 28.8 Å². The van der Waals surface area contributed by atoms with Crippen LogP contribution in [-0.2, 0) is 11.2 Å². The standard InChI is InChI=1S/C17H22N2O3/c1-3-4-13-11-14(5-6-15(13)22-2)17(21)19-9-7-12(8-10-19)16(18)20/h3,5-6,11-12H,1,4,7-10H2,2H3,(H2,18,20). The molecule has 0 unspecified atom stereocenters. The predicted molar refractivity (Wildman–Crippen MR) is 84.7 cm³/mol. The lowest BCUT2D eigenvalue weighted by molar-refractivity contribution is -0.123. The minimum atomic E-state index is -0.273. The Morgan fingerprint density at radius 3 is 2.64 bits per heavy atom. The van der Waals surface area contributed by atoms with Gasteiger partial charge in [0, 0.05) is 24.6 Å². The summed E-state index contributed by atoms with van der Waals surface area (Å²) in [6.45, 7) is 4.86. The van der Waals surface area contributed by atoms with E-state index in [1.807, 2.05) is 12.1 Å². The Kier molecular flexibility index (Phi) is 5.20. The molecule has 1 aliphatic rings. The first-order valence-corrected chi connectivity index (χ1v) is 7.43. The molecule has 1 aliphatic heterocycles. The molecule has 0 radical (unpaired) electrons. The van der Waals surface area contributed by atoms with Crippen LogP contribution in [0.4, 0.5) is 0 Å². The van der Waals surface area contributed by atoms with Crippen molar-refractivity contribution < 1.29 is 14.3 Å². The number of carbonyl (C=O) groups is 2. The number of methoxy groups -OCH3 is 1. The molecule has 1 saturated heterocycles. The van der Waals surface area contributed by atoms with E-state index >= 15 is 0 Å². The van der Waals surface area contributed by atoms with Gasteiger partial charge in [0.25, 0.3) is 5.91 Å².